The third-order valence-electron chi connectivity index (χ3n) is 8.44. The van der Waals surface area contributed by atoms with E-state index in [-0.39, 0.29) is 32.4 Å². The van der Waals surface area contributed by atoms with Crippen molar-refractivity contribution in [2.75, 3.05) is 32.9 Å². The van der Waals surface area contributed by atoms with Gasteiger partial charge in [-0.1, -0.05) is 30.3 Å². The predicted molar refractivity (Wildman–Crippen MR) is 206 cm³/mol. The van der Waals surface area contributed by atoms with E-state index < -0.39 is 128 Å². The summed E-state index contributed by atoms with van der Waals surface area (Å²) < 4.78 is 0. The topological polar surface area (TPSA) is 423 Å². The lowest BCUT2D eigenvalue weighted by atomic mass is 10.0. The number of rotatable bonds is 28. The molecule has 19 N–H and O–H groups in total. The van der Waals surface area contributed by atoms with Gasteiger partial charge >= 0.3 is 0 Å². The van der Waals surface area contributed by atoms with E-state index in [9.17, 15) is 58.5 Å². The summed E-state index contributed by atoms with van der Waals surface area (Å²) in [5.41, 5.74) is 22.3. The second kappa shape index (κ2) is 27.0. The summed E-state index contributed by atoms with van der Waals surface area (Å²) in [7, 11) is 0. The zero-order chi connectivity index (χ0) is 44.7. The fourth-order valence-corrected chi connectivity index (χ4v) is 5.04. The summed E-state index contributed by atoms with van der Waals surface area (Å²) in [6, 6.07) is -1.43. The first-order valence-electron chi connectivity index (χ1n) is 18.5. The molecule has 0 radical (unpaired) electrons. The normalized spacial score (nSPS) is 15.0. The van der Waals surface area contributed by atoms with E-state index in [2.05, 4.69) is 37.2 Å². The van der Waals surface area contributed by atoms with Crippen LogP contribution < -0.4 is 60.2 Å². The molecule has 330 valence electrons. The largest absolute Gasteiger partial charge is 0.394 e. The molecule has 9 amide bonds. The van der Waals surface area contributed by atoms with Gasteiger partial charge in [0, 0.05) is 25.9 Å². The summed E-state index contributed by atoms with van der Waals surface area (Å²) in [6.07, 6.45) is -1.98. The molecule has 0 bridgehead atoms. The van der Waals surface area contributed by atoms with Crippen LogP contribution in [0.4, 0.5) is 0 Å². The van der Waals surface area contributed by atoms with Crippen LogP contribution >= 0.6 is 0 Å². The number of unbranched alkanes of at least 4 members (excludes halogenated alkanes) is 1. The van der Waals surface area contributed by atoms with Crippen molar-refractivity contribution in [1.29, 1.82) is 0 Å². The number of primary amides is 2. The zero-order valence-corrected chi connectivity index (χ0v) is 32.6. The molecule has 0 aliphatic heterocycles. The summed E-state index contributed by atoms with van der Waals surface area (Å²) >= 11 is 0. The Hall–Kier alpha value is -5.79. The number of carbonyl (C=O) groups excluding carboxylic acids is 9. The van der Waals surface area contributed by atoms with Crippen molar-refractivity contribution in [3.05, 3.63) is 35.9 Å². The molecule has 1 aromatic carbocycles. The molecule has 0 aliphatic rings. The maximum absolute atomic E-state index is 13.0. The molecular formula is C35H57N11O13. The van der Waals surface area contributed by atoms with Crippen molar-refractivity contribution >= 4 is 53.2 Å². The van der Waals surface area contributed by atoms with Crippen molar-refractivity contribution in [3.63, 3.8) is 0 Å². The van der Waals surface area contributed by atoms with Crippen molar-refractivity contribution in [2.45, 2.75) is 93.8 Å². The van der Waals surface area contributed by atoms with Gasteiger partial charge < -0.3 is 80.6 Å². The molecule has 59 heavy (non-hydrogen) atoms. The van der Waals surface area contributed by atoms with Gasteiger partial charge in [0.15, 0.2) is 0 Å². The molecule has 24 heteroatoms. The fourth-order valence-electron chi connectivity index (χ4n) is 5.04. The molecule has 3 unspecified atom stereocenters. The minimum absolute atomic E-state index is 0.170. The fraction of sp³-hybridized carbons (Fsp3) is 0.571. The number of amides is 9. The maximum atomic E-state index is 13.0. The predicted octanol–water partition coefficient (Wildman–Crippen LogP) is -8.18. The molecule has 0 saturated heterocycles. The Labute approximate surface area is 339 Å². The highest BCUT2D eigenvalue weighted by molar-refractivity contribution is 5.97. The SMILES string of the molecule is C[C@@H](O)[C@H](NC(=O)[C@H](CC(N)=O)NC(=O)[C@H](N)CO)C(=O)N[C@@H](CO)C(=O)NC(CCC(=O)NCCCCNC(=O)C(Cc1ccccc1)NC(=O)C(N)CO)C(N)=O. The molecule has 0 aliphatic carbocycles. The number of nitrogens with one attached hydrogen (secondary N) is 7. The average Bonchev–Trinajstić information content (AvgIpc) is 3.19. The molecular weight excluding hydrogens is 782 g/mol. The van der Waals surface area contributed by atoms with Gasteiger partial charge in [0.05, 0.1) is 32.3 Å². The summed E-state index contributed by atoms with van der Waals surface area (Å²) in [5, 5.41) is 54.7. The lowest BCUT2D eigenvalue weighted by Gasteiger charge is -2.26. The molecule has 1 rings (SSSR count). The summed E-state index contributed by atoms with van der Waals surface area (Å²) in [6.45, 7) is -0.999. The number of hydrogen-bond acceptors (Lipinski definition) is 15. The van der Waals surface area contributed by atoms with Crippen LogP contribution in [0.2, 0.25) is 0 Å². The van der Waals surface area contributed by atoms with E-state index in [0.717, 1.165) is 12.5 Å². The monoisotopic (exact) mass is 839 g/mol. The summed E-state index contributed by atoms with van der Waals surface area (Å²) in [4.78, 5) is 112. The Morgan fingerprint density at radius 3 is 1.63 bits per heavy atom. The third-order valence-corrected chi connectivity index (χ3v) is 8.44. The first-order valence-corrected chi connectivity index (χ1v) is 18.5. The molecule has 24 nitrogen and oxygen atoms in total. The minimum atomic E-state index is -1.82. The van der Waals surface area contributed by atoms with E-state index in [0.29, 0.717) is 12.8 Å². The van der Waals surface area contributed by atoms with Crippen LogP contribution in [-0.4, -0.2) is 155 Å². The van der Waals surface area contributed by atoms with Gasteiger partial charge in [-0.05, 0) is 31.7 Å². The van der Waals surface area contributed by atoms with E-state index >= 15 is 0 Å². The van der Waals surface area contributed by atoms with E-state index in [1.54, 1.807) is 30.3 Å². The van der Waals surface area contributed by atoms with E-state index in [1.807, 2.05) is 0 Å². The van der Waals surface area contributed by atoms with Gasteiger partial charge in [-0.25, -0.2) is 0 Å². The van der Waals surface area contributed by atoms with Crippen LogP contribution in [0.3, 0.4) is 0 Å². The molecule has 0 spiro atoms. The zero-order valence-electron chi connectivity index (χ0n) is 32.6. The number of nitrogens with two attached hydrogens (primary N) is 4. The van der Waals surface area contributed by atoms with Crippen LogP contribution in [0.25, 0.3) is 0 Å². The second-order valence-corrected chi connectivity index (χ2v) is 13.4. The van der Waals surface area contributed by atoms with Gasteiger partial charge in [-0.15, -0.1) is 0 Å². The third kappa shape index (κ3) is 19.5. The number of hydrogen-bond donors (Lipinski definition) is 15. The van der Waals surface area contributed by atoms with Crippen molar-refractivity contribution < 1.29 is 63.6 Å². The Kier molecular flexibility index (Phi) is 23.4. The Morgan fingerprint density at radius 2 is 1.12 bits per heavy atom. The first kappa shape index (κ1) is 51.2. The lowest BCUT2D eigenvalue weighted by molar-refractivity contribution is -0.137. The average molecular weight is 840 g/mol. The van der Waals surface area contributed by atoms with Crippen molar-refractivity contribution in [3.8, 4) is 0 Å². The molecule has 1 aromatic rings. The highest BCUT2D eigenvalue weighted by atomic mass is 16.3. The first-order chi connectivity index (χ1) is 27.8. The molecule has 8 atom stereocenters. The highest BCUT2D eigenvalue weighted by Gasteiger charge is 2.34. The Bertz CT molecular complexity index is 1590. The summed E-state index contributed by atoms with van der Waals surface area (Å²) in [5.74, 6) is -8.34. The van der Waals surface area contributed by atoms with E-state index in [4.69, 9.17) is 28.0 Å². The number of aliphatic hydroxyl groups is 4. The lowest BCUT2D eigenvalue weighted by Crippen LogP contribution is -2.62. The second-order valence-electron chi connectivity index (χ2n) is 13.4. The van der Waals surface area contributed by atoms with Gasteiger partial charge in [-0.3, -0.25) is 43.2 Å². The van der Waals surface area contributed by atoms with Crippen LogP contribution in [-0.2, 0) is 49.6 Å². The van der Waals surface area contributed by atoms with Crippen LogP contribution in [0.1, 0.15) is 44.6 Å². The van der Waals surface area contributed by atoms with E-state index in [1.165, 1.54) is 0 Å². The maximum Gasteiger partial charge on any atom is 0.245 e. The molecule has 0 fully saturated rings. The van der Waals surface area contributed by atoms with Gasteiger partial charge in [-0.2, -0.15) is 0 Å². The number of benzene rings is 1. The Balaban J connectivity index is 2.68. The smallest absolute Gasteiger partial charge is 0.245 e. The number of carbonyl (C=O) groups is 9. The molecule has 0 heterocycles. The van der Waals surface area contributed by atoms with Crippen molar-refractivity contribution in [2.24, 2.45) is 22.9 Å². The van der Waals surface area contributed by atoms with Gasteiger partial charge in [0.2, 0.25) is 53.2 Å². The standard InChI is InChI=1S/C35H57N11O13/c1-18(50)28(46-33(57)24(14-26(38)51)44-31(55)21(37)16-48)35(59)45-25(17-49)34(58)42-22(29(39)53)9-10-27(52)40-11-5-6-12-41-32(56)23(43-30(54)20(36)15-47)13-19-7-3-2-4-8-19/h2-4,7-8,18,20-25,28,47-50H,5-6,9-17,36-37H2,1H3,(H2,38,51)(H2,39,53)(H,40,52)(H,41,56)(H,42,58)(H,43,54)(H,44,55)(H,45,59)(H,46,57)/t18-,20?,21-,22?,23?,24+,25+,28+/m1/s1. The highest BCUT2D eigenvalue weighted by Crippen LogP contribution is 2.05. The van der Waals surface area contributed by atoms with Crippen LogP contribution in [0, 0.1) is 0 Å². The Morgan fingerprint density at radius 1 is 0.610 bits per heavy atom. The number of aliphatic hydroxyl groups excluding tert-OH is 4. The minimum Gasteiger partial charge on any atom is -0.394 e. The van der Waals surface area contributed by atoms with Crippen molar-refractivity contribution in [1.82, 2.24) is 37.2 Å². The van der Waals surface area contributed by atoms with Crippen LogP contribution in [0.15, 0.2) is 30.3 Å². The quantitative estimate of drug-likeness (QED) is 0.0349. The molecule has 0 aromatic heterocycles. The van der Waals surface area contributed by atoms with Crippen LogP contribution in [0.5, 0.6) is 0 Å². The van der Waals surface area contributed by atoms with Gasteiger partial charge in [0.1, 0.15) is 42.3 Å². The molecule has 0 saturated carbocycles. The van der Waals surface area contributed by atoms with Gasteiger partial charge in [0.25, 0.3) is 0 Å².